The number of hydrogen-bond acceptors (Lipinski definition) is 4. The minimum atomic E-state index is -0.874. The van der Waals surface area contributed by atoms with Crippen LogP contribution in [0.25, 0.3) is 0 Å². The molecule has 1 aromatic rings. The highest BCUT2D eigenvalue weighted by Crippen LogP contribution is 2.19. The third-order valence-electron chi connectivity index (χ3n) is 2.37. The maximum absolute atomic E-state index is 13.7. The summed E-state index contributed by atoms with van der Waals surface area (Å²) in [4.78, 5) is 21.4. The molecule has 0 spiro atoms. The lowest BCUT2D eigenvalue weighted by molar-refractivity contribution is -0.387. The Morgan fingerprint density at radius 3 is 2.60 bits per heavy atom. The van der Waals surface area contributed by atoms with E-state index in [1.807, 2.05) is 20.8 Å². The fraction of sp³-hybridized carbons (Fsp3) is 0.462. The Bertz CT molecular complexity index is 512. The Labute approximate surface area is 116 Å². The van der Waals surface area contributed by atoms with Crippen LogP contribution in [-0.4, -0.2) is 22.9 Å². The van der Waals surface area contributed by atoms with Gasteiger partial charge in [-0.15, -0.1) is 0 Å². The van der Waals surface area contributed by atoms with E-state index in [1.165, 1.54) is 12.1 Å². The normalized spacial score (nSPS) is 11.2. The average Bonchev–Trinajstić information content (AvgIpc) is 2.28. The van der Waals surface area contributed by atoms with Crippen LogP contribution in [0.15, 0.2) is 18.2 Å². The van der Waals surface area contributed by atoms with Gasteiger partial charge in [-0.3, -0.25) is 14.9 Å². The minimum Gasteiger partial charge on any atom is -0.350 e. The van der Waals surface area contributed by atoms with Gasteiger partial charge in [0, 0.05) is 23.7 Å². The van der Waals surface area contributed by atoms with E-state index in [-0.39, 0.29) is 30.1 Å². The van der Waals surface area contributed by atoms with E-state index in [0.717, 1.165) is 6.07 Å². The number of carbonyl (C=O) groups is 1. The molecule has 1 rings (SSSR count). The fourth-order valence-corrected chi connectivity index (χ4v) is 1.62. The first-order chi connectivity index (χ1) is 9.20. The van der Waals surface area contributed by atoms with E-state index in [0.29, 0.717) is 0 Å². The monoisotopic (exact) mass is 283 g/mol. The van der Waals surface area contributed by atoms with Crippen molar-refractivity contribution in [2.45, 2.75) is 32.9 Å². The molecule has 0 radical (unpaired) electrons. The third kappa shape index (κ3) is 4.93. The second-order valence-electron chi connectivity index (χ2n) is 5.41. The Morgan fingerprint density at radius 2 is 2.05 bits per heavy atom. The quantitative estimate of drug-likeness (QED) is 0.636. The van der Waals surface area contributed by atoms with Crippen LogP contribution in [0.3, 0.4) is 0 Å². The third-order valence-corrected chi connectivity index (χ3v) is 2.37. The molecular formula is C13H18FN3O3. The molecule has 0 aliphatic heterocycles. The number of nitrogens with one attached hydrogen (secondary N) is 2. The number of nitro benzene ring substituents is 1. The van der Waals surface area contributed by atoms with Crippen molar-refractivity contribution in [3.8, 4) is 0 Å². The topological polar surface area (TPSA) is 84.3 Å². The first-order valence-corrected chi connectivity index (χ1v) is 6.14. The summed E-state index contributed by atoms with van der Waals surface area (Å²) in [6.45, 7) is 5.62. The molecule has 110 valence electrons. The molecule has 20 heavy (non-hydrogen) atoms. The Kier molecular flexibility index (Phi) is 5.15. The van der Waals surface area contributed by atoms with Crippen molar-refractivity contribution in [3.63, 3.8) is 0 Å². The standard InChI is InChI=1S/C13H18FN3O3/c1-13(2,3)16-11(18)8-15-7-9-5-4-6-10(12(9)14)17(19)20/h4-6,15H,7-8H2,1-3H3,(H,16,18). The number of nitrogens with zero attached hydrogens (tertiary/aromatic N) is 1. The molecule has 1 amide bonds. The predicted octanol–water partition coefficient (Wildman–Crippen LogP) is 1.74. The molecule has 7 heteroatoms. The van der Waals surface area contributed by atoms with Gasteiger partial charge in [0.2, 0.25) is 11.7 Å². The first kappa shape index (κ1) is 16.0. The van der Waals surface area contributed by atoms with Crippen molar-refractivity contribution in [3.05, 3.63) is 39.7 Å². The molecule has 6 nitrogen and oxygen atoms in total. The molecule has 0 unspecified atom stereocenters. The lowest BCUT2D eigenvalue weighted by atomic mass is 10.1. The van der Waals surface area contributed by atoms with Gasteiger partial charge in [0.05, 0.1) is 11.5 Å². The van der Waals surface area contributed by atoms with Gasteiger partial charge in [-0.2, -0.15) is 4.39 Å². The highest BCUT2D eigenvalue weighted by Gasteiger charge is 2.17. The second-order valence-corrected chi connectivity index (χ2v) is 5.41. The maximum atomic E-state index is 13.7. The van der Waals surface area contributed by atoms with Gasteiger partial charge >= 0.3 is 5.69 Å². The molecule has 0 saturated carbocycles. The van der Waals surface area contributed by atoms with Gasteiger partial charge < -0.3 is 10.6 Å². The lowest BCUT2D eigenvalue weighted by Gasteiger charge is -2.20. The largest absolute Gasteiger partial charge is 0.350 e. The minimum absolute atomic E-state index is 0.0133. The zero-order valence-corrected chi connectivity index (χ0v) is 11.7. The molecule has 0 aromatic heterocycles. The number of rotatable bonds is 5. The summed E-state index contributed by atoms with van der Waals surface area (Å²) in [5.74, 6) is -1.09. The number of nitro groups is 1. The van der Waals surface area contributed by atoms with E-state index >= 15 is 0 Å². The van der Waals surface area contributed by atoms with Gasteiger partial charge in [-0.05, 0) is 20.8 Å². The first-order valence-electron chi connectivity index (χ1n) is 6.14. The van der Waals surface area contributed by atoms with Gasteiger partial charge in [-0.1, -0.05) is 12.1 Å². The number of benzene rings is 1. The highest BCUT2D eigenvalue weighted by molar-refractivity contribution is 5.78. The van der Waals surface area contributed by atoms with E-state index in [2.05, 4.69) is 10.6 Å². The van der Waals surface area contributed by atoms with Crippen molar-refractivity contribution in [2.75, 3.05) is 6.54 Å². The Balaban J connectivity index is 2.57. The number of carbonyl (C=O) groups excluding carboxylic acids is 1. The molecule has 0 fully saturated rings. The zero-order chi connectivity index (χ0) is 15.3. The smallest absolute Gasteiger partial charge is 0.305 e. The van der Waals surface area contributed by atoms with Gasteiger partial charge in [0.1, 0.15) is 0 Å². The molecule has 1 aromatic carbocycles. The zero-order valence-electron chi connectivity index (χ0n) is 11.7. The van der Waals surface area contributed by atoms with E-state index in [4.69, 9.17) is 0 Å². The van der Waals surface area contributed by atoms with Crippen molar-refractivity contribution in [1.82, 2.24) is 10.6 Å². The summed E-state index contributed by atoms with van der Waals surface area (Å²) in [7, 11) is 0. The summed E-state index contributed by atoms with van der Waals surface area (Å²) >= 11 is 0. The maximum Gasteiger partial charge on any atom is 0.305 e. The number of halogens is 1. The number of hydrogen-bond donors (Lipinski definition) is 2. The summed E-state index contributed by atoms with van der Waals surface area (Å²) < 4.78 is 13.7. The predicted molar refractivity (Wildman–Crippen MR) is 72.7 cm³/mol. The number of amides is 1. The van der Waals surface area contributed by atoms with Crippen molar-refractivity contribution in [1.29, 1.82) is 0 Å². The SMILES string of the molecule is CC(C)(C)NC(=O)CNCc1cccc([N+](=O)[O-])c1F. The summed E-state index contributed by atoms with van der Waals surface area (Å²) in [6.07, 6.45) is 0. The van der Waals surface area contributed by atoms with Crippen LogP contribution in [0.5, 0.6) is 0 Å². The van der Waals surface area contributed by atoms with Crippen LogP contribution >= 0.6 is 0 Å². The van der Waals surface area contributed by atoms with Crippen molar-refractivity contribution in [2.24, 2.45) is 0 Å². The Hall–Kier alpha value is -2.02. The van der Waals surface area contributed by atoms with Crippen LogP contribution < -0.4 is 10.6 Å². The molecule has 0 aliphatic rings. The van der Waals surface area contributed by atoms with E-state index in [1.54, 1.807) is 0 Å². The molecule has 0 bridgehead atoms. The van der Waals surface area contributed by atoms with Gasteiger partial charge in [-0.25, -0.2) is 0 Å². The van der Waals surface area contributed by atoms with Gasteiger partial charge in [0.25, 0.3) is 0 Å². The van der Waals surface area contributed by atoms with Crippen molar-refractivity contribution >= 4 is 11.6 Å². The molecule has 0 aliphatic carbocycles. The summed E-state index contributed by atoms with van der Waals surface area (Å²) in [5.41, 5.74) is -0.749. The second kappa shape index (κ2) is 6.42. The van der Waals surface area contributed by atoms with Crippen LogP contribution in [0.2, 0.25) is 0 Å². The van der Waals surface area contributed by atoms with Crippen LogP contribution in [0, 0.1) is 15.9 Å². The fourth-order valence-electron chi connectivity index (χ4n) is 1.62. The summed E-state index contributed by atoms with van der Waals surface area (Å²) in [6, 6.07) is 3.95. The van der Waals surface area contributed by atoms with E-state index in [9.17, 15) is 19.3 Å². The average molecular weight is 283 g/mol. The Morgan fingerprint density at radius 1 is 1.40 bits per heavy atom. The lowest BCUT2D eigenvalue weighted by Crippen LogP contribution is -2.44. The van der Waals surface area contributed by atoms with Crippen molar-refractivity contribution < 1.29 is 14.1 Å². The van der Waals surface area contributed by atoms with Crippen LogP contribution in [-0.2, 0) is 11.3 Å². The van der Waals surface area contributed by atoms with Gasteiger partial charge in [0.15, 0.2) is 0 Å². The molecule has 2 N–H and O–H groups in total. The highest BCUT2D eigenvalue weighted by atomic mass is 19.1. The molecule has 0 atom stereocenters. The van der Waals surface area contributed by atoms with Crippen LogP contribution in [0.4, 0.5) is 10.1 Å². The van der Waals surface area contributed by atoms with E-state index < -0.39 is 16.4 Å². The molecule has 0 heterocycles. The summed E-state index contributed by atoms with van der Waals surface area (Å²) in [5, 5.41) is 16.1. The van der Waals surface area contributed by atoms with Crippen LogP contribution in [0.1, 0.15) is 26.3 Å². The molecular weight excluding hydrogens is 265 g/mol. The molecule has 0 saturated heterocycles.